The number of halogens is 1. The molecule has 1 aromatic heterocycles. The number of aliphatic carboxylic acids is 1. The fraction of sp³-hybridized carbons (Fsp3) is 0.556. The van der Waals surface area contributed by atoms with E-state index in [9.17, 15) is 4.79 Å². The van der Waals surface area contributed by atoms with Crippen LogP contribution in [0.5, 0.6) is 0 Å². The number of carboxylic acids is 1. The maximum absolute atomic E-state index is 10.5. The number of aromatic nitrogens is 2. The van der Waals surface area contributed by atoms with E-state index in [0.717, 1.165) is 12.2 Å². The summed E-state index contributed by atoms with van der Waals surface area (Å²) in [6.07, 6.45) is 4.94. The number of nitrogens with zero attached hydrogens (tertiary/aromatic N) is 2. The van der Waals surface area contributed by atoms with E-state index in [4.69, 9.17) is 5.11 Å². The molecule has 5 heteroatoms. The van der Waals surface area contributed by atoms with E-state index in [0.29, 0.717) is 6.42 Å². The Morgan fingerprint density at radius 2 is 2.36 bits per heavy atom. The van der Waals surface area contributed by atoms with Gasteiger partial charge in [0.1, 0.15) is 5.82 Å². The van der Waals surface area contributed by atoms with Gasteiger partial charge < -0.3 is 9.67 Å². The Balaban J connectivity index is 0.00000169. The first-order valence-electron chi connectivity index (χ1n) is 4.30. The van der Waals surface area contributed by atoms with Gasteiger partial charge in [-0.2, -0.15) is 0 Å². The largest absolute Gasteiger partial charge is 0.481 e. The molecule has 0 spiro atoms. The van der Waals surface area contributed by atoms with Crippen molar-refractivity contribution in [1.29, 1.82) is 0 Å². The summed E-state index contributed by atoms with van der Waals surface area (Å²) in [6, 6.07) is 0. The second-order valence-electron chi connectivity index (χ2n) is 3.23. The van der Waals surface area contributed by atoms with Crippen LogP contribution in [0.15, 0.2) is 12.4 Å². The molecule has 1 aromatic rings. The van der Waals surface area contributed by atoms with Gasteiger partial charge in [-0.1, -0.05) is 6.92 Å². The smallest absolute Gasteiger partial charge is 0.306 e. The Kier molecular flexibility index (Phi) is 5.23. The quantitative estimate of drug-likeness (QED) is 0.833. The third-order valence-corrected chi connectivity index (χ3v) is 2.14. The van der Waals surface area contributed by atoms with Gasteiger partial charge in [-0.15, -0.1) is 12.4 Å². The van der Waals surface area contributed by atoms with Crippen LogP contribution in [0.2, 0.25) is 0 Å². The van der Waals surface area contributed by atoms with Crippen molar-refractivity contribution < 1.29 is 9.90 Å². The Morgan fingerprint density at radius 3 is 2.79 bits per heavy atom. The lowest BCUT2D eigenvalue weighted by Gasteiger charge is -2.05. The van der Waals surface area contributed by atoms with Crippen LogP contribution < -0.4 is 0 Å². The van der Waals surface area contributed by atoms with Gasteiger partial charge >= 0.3 is 5.97 Å². The molecule has 0 aromatic carbocycles. The molecule has 1 unspecified atom stereocenters. The van der Waals surface area contributed by atoms with Crippen molar-refractivity contribution in [2.75, 3.05) is 0 Å². The van der Waals surface area contributed by atoms with Gasteiger partial charge in [-0.3, -0.25) is 4.79 Å². The highest BCUT2D eigenvalue weighted by Crippen LogP contribution is 2.07. The van der Waals surface area contributed by atoms with Crippen molar-refractivity contribution in [3.63, 3.8) is 0 Å². The van der Waals surface area contributed by atoms with Crippen molar-refractivity contribution in [1.82, 2.24) is 9.55 Å². The zero-order valence-electron chi connectivity index (χ0n) is 8.30. The molecule has 14 heavy (non-hydrogen) atoms. The van der Waals surface area contributed by atoms with E-state index in [2.05, 4.69) is 4.98 Å². The van der Waals surface area contributed by atoms with Gasteiger partial charge in [-0.05, 0) is 6.42 Å². The lowest BCUT2D eigenvalue weighted by molar-refractivity contribution is -0.141. The van der Waals surface area contributed by atoms with Crippen molar-refractivity contribution in [2.45, 2.75) is 19.8 Å². The second-order valence-corrected chi connectivity index (χ2v) is 3.23. The molecule has 4 nitrogen and oxygen atoms in total. The summed E-state index contributed by atoms with van der Waals surface area (Å²) in [5.41, 5.74) is 0. The topological polar surface area (TPSA) is 55.1 Å². The lowest BCUT2D eigenvalue weighted by Crippen LogP contribution is -2.11. The number of hydrogen-bond acceptors (Lipinski definition) is 2. The van der Waals surface area contributed by atoms with Crippen LogP contribution in [0, 0.1) is 5.92 Å². The molecular weight excluding hydrogens is 204 g/mol. The average Bonchev–Trinajstić information content (AvgIpc) is 2.47. The zero-order valence-corrected chi connectivity index (χ0v) is 9.12. The minimum Gasteiger partial charge on any atom is -0.481 e. The predicted octanol–water partition coefficient (Wildman–Crippen LogP) is 1.50. The van der Waals surface area contributed by atoms with Crippen LogP contribution in [-0.4, -0.2) is 20.6 Å². The van der Waals surface area contributed by atoms with E-state index in [1.165, 1.54) is 0 Å². The van der Waals surface area contributed by atoms with Crippen LogP contribution in [0.4, 0.5) is 0 Å². The maximum Gasteiger partial charge on any atom is 0.306 e. The first kappa shape index (κ1) is 13.0. The molecule has 1 heterocycles. The first-order valence-corrected chi connectivity index (χ1v) is 4.30. The summed E-state index contributed by atoms with van der Waals surface area (Å²) < 4.78 is 1.91. The molecule has 0 fully saturated rings. The molecule has 0 aliphatic carbocycles. The Morgan fingerprint density at radius 1 is 1.71 bits per heavy atom. The van der Waals surface area contributed by atoms with Gasteiger partial charge in [0.05, 0.1) is 5.92 Å². The summed E-state index contributed by atoms with van der Waals surface area (Å²) in [4.78, 5) is 14.6. The summed E-state index contributed by atoms with van der Waals surface area (Å²) in [7, 11) is 1.91. The maximum atomic E-state index is 10.5. The standard InChI is InChI=1S/C9H14N2O2.ClH/c1-7(9(12)13)3-4-8-10-5-6-11(8)2;/h5-7H,3-4H2,1-2H3,(H,12,13);1H. The number of rotatable bonds is 4. The summed E-state index contributed by atoms with van der Waals surface area (Å²) in [6.45, 7) is 1.71. The van der Waals surface area contributed by atoms with Gasteiger partial charge in [0.2, 0.25) is 0 Å². The minimum absolute atomic E-state index is 0. The number of carbonyl (C=O) groups is 1. The van der Waals surface area contributed by atoms with Crippen LogP contribution >= 0.6 is 12.4 Å². The molecule has 1 rings (SSSR count). The van der Waals surface area contributed by atoms with E-state index in [1.807, 2.05) is 17.8 Å². The highest BCUT2D eigenvalue weighted by atomic mass is 35.5. The molecule has 0 amide bonds. The van der Waals surface area contributed by atoms with Gasteiger partial charge in [0, 0.05) is 25.9 Å². The Bertz CT molecular complexity index is 299. The van der Waals surface area contributed by atoms with Crippen molar-refractivity contribution in [3.8, 4) is 0 Å². The Hall–Kier alpha value is -1.03. The lowest BCUT2D eigenvalue weighted by atomic mass is 10.1. The van der Waals surface area contributed by atoms with Gasteiger partial charge in [0.25, 0.3) is 0 Å². The number of carboxylic acid groups (broad SMARTS) is 1. The van der Waals surface area contributed by atoms with Crippen LogP contribution in [-0.2, 0) is 18.3 Å². The molecule has 0 bridgehead atoms. The molecule has 0 radical (unpaired) electrons. The monoisotopic (exact) mass is 218 g/mol. The minimum atomic E-state index is -0.741. The predicted molar refractivity (Wildman–Crippen MR) is 55.6 cm³/mol. The van der Waals surface area contributed by atoms with E-state index in [-0.39, 0.29) is 18.3 Å². The summed E-state index contributed by atoms with van der Waals surface area (Å²) in [5, 5.41) is 8.65. The normalized spacial score (nSPS) is 11.9. The molecule has 0 saturated carbocycles. The third kappa shape index (κ3) is 3.38. The third-order valence-electron chi connectivity index (χ3n) is 2.14. The number of imidazole rings is 1. The molecule has 0 saturated heterocycles. The summed E-state index contributed by atoms with van der Waals surface area (Å²) >= 11 is 0. The van der Waals surface area contributed by atoms with Crippen molar-refractivity contribution >= 4 is 18.4 Å². The fourth-order valence-electron chi connectivity index (χ4n) is 1.11. The van der Waals surface area contributed by atoms with Gasteiger partial charge in [0.15, 0.2) is 0 Å². The zero-order chi connectivity index (χ0) is 9.84. The first-order chi connectivity index (χ1) is 6.11. The molecule has 1 N–H and O–H groups in total. The number of aryl methyl sites for hydroxylation is 2. The molecule has 0 aliphatic rings. The summed E-state index contributed by atoms with van der Waals surface area (Å²) in [5.74, 6) is -0.0981. The fourth-order valence-corrected chi connectivity index (χ4v) is 1.11. The molecule has 80 valence electrons. The average molecular weight is 219 g/mol. The van der Waals surface area contributed by atoms with Crippen molar-refractivity contribution in [3.05, 3.63) is 18.2 Å². The SMILES string of the molecule is CC(CCc1nccn1C)C(=O)O.Cl. The Labute approximate surface area is 89.4 Å². The van der Waals surface area contributed by atoms with Gasteiger partial charge in [-0.25, -0.2) is 4.98 Å². The molecule has 0 aliphatic heterocycles. The van der Waals surface area contributed by atoms with Crippen LogP contribution in [0.25, 0.3) is 0 Å². The molecular formula is C9H15ClN2O2. The highest BCUT2D eigenvalue weighted by molar-refractivity contribution is 5.85. The van der Waals surface area contributed by atoms with E-state index in [1.54, 1.807) is 13.1 Å². The van der Waals surface area contributed by atoms with E-state index >= 15 is 0 Å². The van der Waals surface area contributed by atoms with Crippen LogP contribution in [0.3, 0.4) is 0 Å². The van der Waals surface area contributed by atoms with Crippen LogP contribution in [0.1, 0.15) is 19.2 Å². The van der Waals surface area contributed by atoms with Crippen molar-refractivity contribution in [2.24, 2.45) is 13.0 Å². The number of hydrogen-bond donors (Lipinski definition) is 1. The highest BCUT2D eigenvalue weighted by Gasteiger charge is 2.11. The molecule has 1 atom stereocenters. The second kappa shape index (κ2) is 5.65. The van der Waals surface area contributed by atoms with E-state index < -0.39 is 5.97 Å².